The number of nitrogens with zero attached hydrogens (tertiary/aromatic N) is 3. The Kier molecular flexibility index (Phi) is 7.01. The lowest BCUT2D eigenvalue weighted by Crippen LogP contribution is -2.02. The van der Waals surface area contributed by atoms with Crippen LogP contribution in [0.2, 0.25) is 0 Å². The average molecular weight is 415 g/mol. The second kappa shape index (κ2) is 9.88. The molecule has 31 heavy (non-hydrogen) atoms. The molecule has 0 aliphatic carbocycles. The molecule has 2 aromatic carbocycles. The average Bonchev–Trinajstić information content (AvgIpc) is 2.79. The summed E-state index contributed by atoms with van der Waals surface area (Å²) in [5.74, 6) is 1.29. The molecule has 3 aromatic rings. The van der Waals surface area contributed by atoms with Crippen molar-refractivity contribution < 1.29 is 14.6 Å². The monoisotopic (exact) mass is 415 g/mol. The van der Waals surface area contributed by atoms with Crippen LogP contribution in [0.5, 0.6) is 11.5 Å². The van der Waals surface area contributed by atoms with Gasteiger partial charge in [-0.1, -0.05) is 18.2 Å². The van der Waals surface area contributed by atoms with E-state index in [9.17, 15) is 10.4 Å². The minimum absolute atomic E-state index is 0.513. The molecule has 3 rings (SSSR count). The number of aryl methyl sites for hydroxylation is 1. The van der Waals surface area contributed by atoms with E-state index in [1.165, 1.54) is 0 Å². The van der Waals surface area contributed by atoms with E-state index in [1.54, 1.807) is 39.5 Å². The molecule has 0 radical (unpaired) electrons. The normalized spacial score (nSPS) is 11.9. The van der Waals surface area contributed by atoms with Gasteiger partial charge in [-0.3, -0.25) is 9.98 Å². The molecule has 0 saturated carbocycles. The highest BCUT2D eigenvalue weighted by atomic mass is 16.5. The Morgan fingerprint density at radius 1 is 1.13 bits per heavy atom. The van der Waals surface area contributed by atoms with Crippen molar-refractivity contribution in [3.8, 4) is 28.8 Å². The van der Waals surface area contributed by atoms with Crippen molar-refractivity contribution >= 4 is 11.9 Å². The van der Waals surface area contributed by atoms with Crippen LogP contribution < -0.4 is 9.47 Å². The van der Waals surface area contributed by atoms with Crippen molar-refractivity contribution in [2.45, 2.75) is 26.4 Å². The summed E-state index contributed by atoms with van der Waals surface area (Å²) < 4.78 is 10.7. The molecule has 0 aliphatic rings. The number of methoxy groups -OCH3 is 2. The summed E-state index contributed by atoms with van der Waals surface area (Å²) in [5.41, 5.74) is 5.30. The summed E-state index contributed by atoms with van der Waals surface area (Å²) in [6.45, 7) is 3.67. The molecule has 0 saturated heterocycles. The van der Waals surface area contributed by atoms with Crippen LogP contribution in [0.25, 0.3) is 11.3 Å². The van der Waals surface area contributed by atoms with Crippen molar-refractivity contribution in [3.63, 3.8) is 0 Å². The van der Waals surface area contributed by atoms with Gasteiger partial charge in [-0.15, -0.1) is 0 Å². The van der Waals surface area contributed by atoms with Crippen LogP contribution in [-0.4, -0.2) is 30.5 Å². The van der Waals surface area contributed by atoms with Crippen LogP contribution in [0.1, 0.15) is 35.4 Å². The number of hydrogen-bond donors (Lipinski definition) is 1. The first-order valence-electron chi connectivity index (χ1n) is 9.90. The van der Waals surface area contributed by atoms with Gasteiger partial charge in [0.2, 0.25) is 0 Å². The largest absolute Gasteiger partial charge is 0.493 e. The molecule has 1 atom stereocenters. The van der Waals surface area contributed by atoms with Gasteiger partial charge in [0.05, 0.1) is 43.3 Å². The lowest BCUT2D eigenvalue weighted by atomic mass is 10.00. The summed E-state index contributed by atoms with van der Waals surface area (Å²) in [5, 5.41) is 19.4. The van der Waals surface area contributed by atoms with Gasteiger partial charge in [0.1, 0.15) is 0 Å². The Morgan fingerprint density at radius 3 is 2.55 bits per heavy atom. The molecule has 0 fully saturated rings. The molecule has 1 heterocycles. The smallest absolute Gasteiger partial charge is 0.162 e. The van der Waals surface area contributed by atoms with Crippen molar-refractivity contribution in [2.24, 2.45) is 4.99 Å². The quantitative estimate of drug-likeness (QED) is 0.552. The zero-order chi connectivity index (χ0) is 22.4. The molecule has 1 N–H and O–H groups in total. The number of aliphatic hydroxyl groups is 1. The minimum Gasteiger partial charge on any atom is -0.493 e. The summed E-state index contributed by atoms with van der Waals surface area (Å²) in [6, 6.07) is 16.9. The Balaban J connectivity index is 1.90. The first kappa shape index (κ1) is 22.0. The Labute approximate surface area is 182 Å². The number of aliphatic hydroxyl groups excluding tert-OH is 1. The first-order valence-corrected chi connectivity index (χ1v) is 9.90. The maximum atomic E-state index is 10.2. The highest BCUT2D eigenvalue weighted by Gasteiger charge is 2.13. The van der Waals surface area contributed by atoms with Crippen LogP contribution in [0.3, 0.4) is 0 Å². The third-order valence-corrected chi connectivity index (χ3v) is 4.93. The Morgan fingerprint density at radius 2 is 1.87 bits per heavy atom. The van der Waals surface area contributed by atoms with Gasteiger partial charge in [0, 0.05) is 35.5 Å². The van der Waals surface area contributed by atoms with E-state index in [0.717, 1.165) is 22.5 Å². The number of rotatable bonds is 7. The number of aliphatic imine (C=N–C) groups is 1. The topological polar surface area (TPSA) is 87.7 Å². The van der Waals surface area contributed by atoms with Crippen molar-refractivity contribution in [1.82, 2.24) is 4.98 Å². The van der Waals surface area contributed by atoms with Crippen LogP contribution in [-0.2, 0) is 6.42 Å². The van der Waals surface area contributed by atoms with Gasteiger partial charge in [-0.2, -0.15) is 5.26 Å². The van der Waals surface area contributed by atoms with Gasteiger partial charge >= 0.3 is 0 Å². The van der Waals surface area contributed by atoms with Gasteiger partial charge in [0.15, 0.2) is 11.5 Å². The van der Waals surface area contributed by atoms with E-state index in [2.05, 4.69) is 11.1 Å². The molecule has 0 spiro atoms. The highest BCUT2D eigenvalue weighted by Crippen LogP contribution is 2.34. The third-order valence-electron chi connectivity index (χ3n) is 4.93. The zero-order valence-corrected chi connectivity index (χ0v) is 18.1. The van der Waals surface area contributed by atoms with Gasteiger partial charge in [-0.25, -0.2) is 0 Å². The van der Waals surface area contributed by atoms with E-state index >= 15 is 0 Å². The van der Waals surface area contributed by atoms with Crippen LogP contribution in [0, 0.1) is 18.3 Å². The summed E-state index contributed by atoms with van der Waals surface area (Å²) in [6.07, 6.45) is 1.64. The molecule has 6 heteroatoms. The number of hydrogen-bond acceptors (Lipinski definition) is 6. The first-order chi connectivity index (χ1) is 15.0. The number of pyridine rings is 1. The van der Waals surface area contributed by atoms with Gasteiger partial charge < -0.3 is 14.6 Å². The molecule has 158 valence electrons. The maximum Gasteiger partial charge on any atom is 0.162 e. The number of aromatic nitrogens is 1. The van der Waals surface area contributed by atoms with Gasteiger partial charge in [0.25, 0.3) is 0 Å². The van der Waals surface area contributed by atoms with E-state index in [-0.39, 0.29) is 0 Å². The fraction of sp³-hybridized carbons (Fsp3) is 0.240. The predicted octanol–water partition coefficient (Wildman–Crippen LogP) is 4.94. The molecule has 0 amide bonds. The van der Waals surface area contributed by atoms with Crippen molar-refractivity contribution in [1.29, 1.82) is 5.26 Å². The highest BCUT2D eigenvalue weighted by molar-refractivity contribution is 5.70. The van der Waals surface area contributed by atoms with E-state index < -0.39 is 6.10 Å². The second-order valence-corrected chi connectivity index (χ2v) is 7.12. The fourth-order valence-corrected chi connectivity index (χ4v) is 3.27. The number of benzene rings is 2. The fourth-order valence-electron chi connectivity index (χ4n) is 3.27. The zero-order valence-electron chi connectivity index (χ0n) is 18.1. The number of nitriles is 1. The molecule has 0 bridgehead atoms. The molecule has 0 aliphatic heterocycles. The minimum atomic E-state index is -0.676. The molecule has 1 aromatic heterocycles. The standard InChI is InChI=1S/C25H25N3O3/c1-16-12-23(30-3)24(31-4)14-22(16)27-11-10-20-8-9-21(17(2)29)25(28-20)19-7-5-6-18(13-19)15-26/h5-9,11-14,17,29H,10H2,1-4H3. The lowest BCUT2D eigenvalue weighted by molar-refractivity contribution is 0.199. The molecular weight excluding hydrogens is 390 g/mol. The summed E-state index contributed by atoms with van der Waals surface area (Å²) in [4.78, 5) is 9.33. The SMILES string of the molecule is COc1cc(C)c(N=CCc2ccc(C(C)O)c(-c3cccc(C#N)c3)n2)cc1OC. The molecule has 6 nitrogen and oxygen atoms in total. The predicted molar refractivity (Wildman–Crippen MR) is 121 cm³/mol. The summed E-state index contributed by atoms with van der Waals surface area (Å²) >= 11 is 0. The van der Waals surface area contributed by atoms with E-state index in [0.29, 0.717) is 34.7 Å². The summed E-state index contributed by atoms with van der Waals surface area (Å²) in [7, 11) is 3.20. The lowest BCUT2D eigenvalue weighted by Gasteiger charge is -2.13. The van der Waals surface area contributed by atoms with E-state index in [4.69, 9.17) is 14.5 Å². The second-order valence-electron chi connectivity index (χ2n) is 7.12. The van der Waals surface area contributed by atoms with Crippen molar-refractivity contribution in [3.05, 3.63) is 70.9 Å². The van der Waals surface area contributed by atoms with Crippen molar-refractivity contribution in [2.75, 3.05) is 14.2 Å². The maximum absolute atomic E-state index is 10.2. The van der Waals surface area contributed by atoms with E-state index in [1.807, 2.05) is 43.3 Å². The third kappa shape index (κ3) is 5.08. The van der Waals surface area contributed by atoms with Crippen LogP contribution >= 0.6 is 0 Å². The van der Waals surface area contributed by atoms with Crippen LogP contribution in [0.4, 0.5) is 5.69 Å². The van der Waals surface area contributed by atoms with Gasteiger partial charge in [-0.05, 0) is 43.7 Å². The number of ether oxygens (including phenoxy) is 2. The Hall–Kier alpha value is -3.69. The Bertz CT molecular complexity index is 1150. The van der Waals surface area contributed by atoms with Crippen LogP contribution in [0.15, 0.2) is 53.5 Å². The molecular formula is C25H25N3O3. The molecule has 1 unspecified atom stereocenters.